The van der Waals surface area contributed by atoms with E-state index in [1.807, 2.05) is 13.2 Å². The fourth-order valence-electron chi connectivity index (χ4n) is 2.49. The quantitative estimate of drug-likeness (QED) is 0.471. The average molecular weight is 347 g/mol. The van der Waals surface area contributed by atoms with Crippen molar-refractivity contribution in [2.24, 2.45) is 10.4 Å². The molecule has 126 valence electrons. The molecule has 2 rings (SSSR count). The number of hydrogen-bond donors (Lipinski definition) is 0. The van der Waals surface area contributed by atoms with E-state index >= 15 is 0 Å². The summed E-state index contributed by atoms with van der Waals surface area (Å²) in [5.41, 5.74) is -0.922. The zero-order valence-electron chi connectivity index (χ0n) is 12.7. The number of carbonyl (C=O) groups excluding carboxylic acids is 1. The summed E-state index contributed by atoms with van der Waals surface area (Å²) in [4.78, 5) is 26.2. The molecule has 1 aromatic carbocycles. The van der Waals surface area contributed by atoms with Crippen LogP contribution in [0.2, 0.25) is 0 Å². The highest BCUT2D eigenvalue weighted by Gasteiger charge is 2.45. The fourth-order valence-corrected chi connectivity index (χ4v) is 3.43. The number of aliphatic imine (C=N–C) groups is 1. The molecule has 1 atom stereocenters. The van der Waals surface area contributed by atoms with E-state index in [1.54, 1.807) is 0 Å². The molecule has 23 heavy (non-hydrogen) atoms. The van der Waals surface area contributed by atoms with Gasteiger partial charge in [-0.3, -0.25) is 9.88 Å². The molecule has 0 amide bonds. The first-order valence-corrected chi connectivity index (χ1v) is 8.29. The second-order valence-corrected chi connectivity index (χ2v) is 5.88. The summed E-state index contributed by atoms with van der Waals surface area (Å²) in [5, 5.41) is 0.649. The third-order valence-electron chi connectivity index (χ3n) is 3.79. The van der Waals surface area contributed by atoms with Crippen LogP contribution in [0.4, 0.5) is 13.2 Å². The fraction of sp³-hybridized carbons (Fsp3) is 0.467. The second-order valence-electron chi connectivity index (χ2n) is 5.09. The van der Waals surface area contributed by atoms with Gasteiger partial charge in [0.05, 0.1) is 5.04 Å². The van der Waals surface area contributed by atoms with Gasteiger partial charge in [0.15, 0.2) is 23.2 Å². The van der Waals surface area contributed by atoms with Crippen molar-refractivity contribution >= 4 is 22.8 Å². The SMILES string of the molecule is CC[C@@]1(C(=O)OOc2cc(F)c(F)c(F)c2)CCCN=C1SC. The standard InChI is InChI=1S/C15H16F3NO3S/c1-3-15(5-4-6-19-13(15)23-2)14(20)22-21-9-7-10(16)12(18)11(17)8-9/h7-8H,3-6H2,1-2H3/t15-/m1/s1. The van der Waals surface area contributed by atoms with E-state index in [-0.39, 0.29) is 0 Å². The highest BCUT2D eigenvalue weighted by molar-refractivity contribution is 8.13. The molecule has 0 bridgehead atoms. The van der Waals surface area contributed by atoms with Crippen LogP contribution in [0.5, 0.6) is 5.75 Å². The van der Waals surface area contributed by atoms with Gasteiger partial charge in [-0.2, -0.15) is 0 Å². The van der Waals surface area contributed by atoms with Gasteiger partial charge in [-0.05, 0) is 25.5 Å². The van der Waals surface area contributed by atoms with Crippen LogP contribution in [0.1, 0.15) is 26.2 Å². The summed E-state index contributed by atoms with van der Waals surface area (Å²) in [6.07, 6.45) is 3.55. The van der Waals surface area contributed by atoms with Crippen molar-refractivity contribution in [3.63, 3.8) is 0 Å². The van der Waals surface area contributed by atoms with Gasteiger partial charge < -0.3 is 0 Å². The molecule has 0 unspecified atom stereocenters. The number of carbonyl (C=O) groups is 1. The van der Waals surface area contributed by atoms with Crippen molar-refractivity contribution in [2.75, 3.05) is 12.8 Å². The zero-order valence-corrected chi connectivity index (χ0v) is 13.5. The van der Waals surface area contributed by atoms with E-state index in [0.29, 0.717) is 36.6 Å². The lowest BCUT2D eigenvalue weighted by Gasteiger charge is -2.32. The number of benzene rings is 1. The lowest BCUT2D eigenvalue weighted by atomic mass is 9.80. The van der Waals surface area contributed by atoms with Crippen molar-refractivity contribution in [3.05, 3.63) is 29.6 Å². The van der Waals surface area contributed by atoms with Gasteiger partial charge in [-0.25, -0.2) is 22.9 Å². The van der Waals surface area contributed by atoms with E-state index in [4.69, 9.17) is 9.78 Å². The summed E-state index contributed by atoms with van der Waals surface area (Å²) in [6.45, 7) is 2.47. The Morgan fingerprint density at radius 3 is 2.57 bits per heavy atom. The van der Waals surface area contributed by atoms with E-state index in [1.165, 1.54) is 11.8 Å². The van der Waals surface area contributed by atoms with Crippen LogP contribution in [0, 0.1) is 22.9 Å². The van der Waals surface area contributed by atoms with Gasteiger partial charge in [-0.15, -0.1) is 11.8 Å². The Kier molecular flexibility index (Phi) is 5.56. The third-order valence-corrected chi connectivity index (χ3v) is 4.69. The highest BCUT2D eigenvalue weighted by atomic mass is 32.2. The molecule has 0 fully saturated rings. The van der Waals surface area contributed by atoms with Gasteiger partial charge in [0, 0.05) is 18.7 Å². The molecular formula is C15H16F3NO3S. The van der Waals surface area contributed by atoms with Crippen molar-refractivity contribution in [1.82, 2.24) is 0 Å². The van der Waals surface area contributed by atoms with Crippen molar-refractivity contribution in [2.45, 2.75) is 26.2 Å². The molecule has 8 heteroatoms. The number of thioether (sulfide) groups is 1. The van der Waals surface area contributed by atoms with E-state index in [0.717, 1.165) is 6.42 Å². The first-order chi connectivity index (χ1) is 10.9. The van der Waals surface area contributed by atoms with Crippen LogP contribution in [-0.2, 0) is 9.68 Å². The third kappa shape index (κ3) is 3.46. The van der Waals surface area contributed by atoms with E-state index < -0.39 is 34.6 Å². The Morgan fingerprint density at radius 2 is 2.00 bits per heavy atom. The van der Waals surface area contributed by atoms with Gasteiger partial charge in [0.1, 0.15) is 5.41 Å². The predicted octanol–water partition coefficient (Wildman–Crippen LogP) is 3.89. The lowest BCUT2D eigenvalue weighted by Crippen LogP contribution is -2.41. The maximum Gasteiger partial charge on any atom is 0.367 e. The van der Waals surface area contributed by atoms with Crippen LogP contribution in [-0.4, -0.2) is 23.8 Å². The lowest BCUT2D eigenvalue weighted by molar-refractivity contribution is -0.222. The topological polar surface area (TPSA) is 47.9 Å². The number of hydrogen-bond acceptors (Lipinski definition) is 5. The van der Waals surface area contributed by atoms with Crippen molar-refractivity contribution < 1.29 is 27.7 Å². The molecule has 1 aliphatic rings. The highest BCUT2D eigenvalue weighted by Crippen LogP contribution is 2.38. The van der Waals surface area contributed by atoms with E-state index in [2.05, 4.69) is 4.99 Å². The van der Waals surface area contributed by atoms with Crippen LogP contribution in [0.15, 0.2) is 17.1 Å². The Morgan fingerprint density at radius 1 is 1.35 bits per heavy atom. The Balaban J connectivity index is 2.15. The van der Waals surface area contributed by atoms with Crippen molar-refractivity contribution in [1.29, 1.82) is 0 Å². The minimum absolute atomic E-state index is 0.431. The minimum atomic E-state index is -1.61. The van der Waals surface area contributed by atoms with Crippen LogP contribution in [0.3, 0.4) is 0 Å². The zero-order chi connectivity index (χ0) is 17.0. The largest absolute Gasteiger partial charge is 0.367 e. The number of nitrogens with zero attached hydrogens (tertiary/aromatic N) is 1. The Labute approximate surface area is 136 Å². The molecule has 0 radical (unpaired) electrons. The number of rotatable bonds is 4. The predicted molar refractivity (Wildman–Crippen MR) is 80.8 cm³/mol. The van der Waals surface area contributed by atoms with Gasteiger partial charge in [0.25, 0.3) is 0 Å². The Hall–Kier alpha value is -1.70. The molecule has 0 aliphatic carbocycles. The van der Waals surface area contributed by atoms with Crippen LogP contribution in [0.25, 0.3) is 0 Å². The normalized spacial score (nSPS) is 20.8. The molecular weight excluding hydrogens is 331 g/mol. The number of halogens is 3. The summed E-state index contributed by atoms with van der Waals surface area (Å²) < 4.78 is 39.1. The molecule has 1 heterocycles. The summed E-state index contributed by atoms with van der Waals surface area (Å²) in [7, 11) is 0. The van der Waals surface area contributed by atoms with Gasteiger partial charge in [0.2, 0.25) is 0 Å². The smallest absolute Gasteiger partial charge is 0.287 e. The van der Waals surface area contributed by atoms with Crippen LogP contribution < -0.4 is 4.89 Å². The molecule has 0 aromatic heterocycles. The molecule has 0 saturated carbocycles. The van der Waals surface area contributed by atoms with Gasteiger partial charge >= 0.3 is 5.97 Å². The summed E-state index contributed by atoms with van der Waals surface area (Å²) in [5.74, 6) is -5.58. The first-order valence-electron chi connectivity index (χ1n) is 7.07. The maximum absolute atomic E-state index is 13.1. The maximum atomic E-state index is 13.1. The summed E-state index contributed by atoms with van der Waals surface area (Å²) >= 11 is 1.36. The molecule has 0 saturated heterocycles. The monoisotopic (exact) mass is 347 g/mol. The summed E-state index contributed by atoms with van der Waals surface area (Å²) in [6, 6.07) is 1.21. The van der Waals surface area contributed by atoms with Crippen LogP contribution >= 0.6 is 11.8 Å². The molecule has 1 aliphatic heterocycles. The Bertz CT molecular complexity index is 615. The molecule has 0 N–H and O–H groups in total. The van der Waals surface area contributed by atoms with Gasteiger partial charge in [-0.1, -0.05) is 6.92 Å². The molecule has 4 nitrogen and oxygen atoms in total. The minimum Gasteiger partial charge on any atom is -0.287 e. The molecule has 1 aromatic rings. The average Bonchev–Trinajstić information content (AvgIpc) is 2.56. The molecule has 0 spiro atoms. The first kappa shape index (κ1) is 17.7. The van der Waals surface area contributed by atoms with E-state index in [9.17, 15) is 18.0 Å². The second kappa shape index (κ2) is 7.25. The van der Waals surface area contributed by atoms with Crippen molar-refractivity contribution in [3.8, 4) is 5.75 Å².